The van der Waals surface area contributed by atoms with Crippen LogP contribution >= 0.6 is 0 Å². The molecule has 0 spiro atoms. The molecule has 4 rings (SSSR count). The van der Waals surface area contributed by atoms with E-state index in [-0.39, 0.29) is 11.8 Å². The molecule has 1 aromatic heterocycles. The highest BCUT2D eigenvalue weighted by atomic mass is 16.5. The Kier molecular flexibility index (Phi) is 5.37. The van der Waals surface area contributed by atoms with Crippen LogP contribution in [0.5, 0.6) is 5.75 Å². The maximum atomic E-state index is 12.7. The first-order valence-corrected chi connectivity index (χ1v) is 10.0. The first-order chi connectivity index (χ1) is 13.6. The minimum atomic E-state index is -0.0174. The fraction of sp³-hybridized carbons (Fsp3) is 0.455. The molecule has 2 amide bonds. The Balaban J connectivity index is 1.29. The van der Waals surface area contributed by atoms with Crippen molar-refractivity contribution in [3.63, 3.8) is 0 Å². The van der Waals surface area contributed by atoms with E-state index in [1.165, 1.54) is 0 Å². The van der Waals surface area contributed by atoms with Gasteiger partial charge < -0.3 is 19.5 Å². The Morgan fingerprint density at radius 2 is 1.93 bits per heavy atom. The number of benzene rings is 1. The predicted octanol–water partition coefficient (Wildman–Crippen LogP) is 2.85. The van der Waals surface area contributed by atoms with Crippen molar-refractivity contribution in [2.24, 2.45) is 13.0 Å². The fourth-order valence-corrected chi connectivity index (χ4v) is 3.64. The summed E-state index contributed by atoms with van der Waals surface area (Å²) in [4.78, 5) is 26.7. The third kappa shape index (κ3) is 4.38. The number of aryl methyl sites for hydroxylation is 1. The lowest BCUT2D eigenvalue weighted by molar-refractivity contribution is 0.0624. The molecule has 1 saturated carbocycles. The van der Waals surface area contributed by atoms with Crippen LogP contribution in [0, 0.1) is 5.92 Å². The van der Waals surface area contributed by atoms with Gasteiger partial charge in [0, 0.05) is 43.9 Å². The number of hydrogen-bond donors (Lipinski definition) is 1. The highest BCUT2D eigenvalue weighted by Crippen LogP contribution is 2.22. The maximum Gasteiger partial charge on any atom is 0.270 e. The second-order valence-electron chi connectivity index (χ2n) is 7.85. The lowest BCUT2D eigenvalue weighted by Gasteiger charge is -2.32. The van der Waals surface area contributed by atoms with Gasteiger partial charge in [0.2, 0.25) is 0 Å². The van der Waals surface area contributed by atoms with E-state index >= 15 is 0 Å². The molecule has 148 valence electrons. The normalized spacial score (nSPS) is 19.3. The summed E-state index contributed by atoms with van der Waals surface area (Å²) in [5.41, 5.74) is 1.39. The SMILES string of the molecule is Cn1cccc1C(=O)N1CCC[C@@H](COc2ccc(C(=O)NC3CC3)cc2)C1. The second kappa shape index (κ2) is 8.09. The Morgan fingerprint density at radius 1 is 1.14 bits per heavy atom. The molecule has 1 saturated heterocycles. The minimum Gasteiger partial charge on any atom is -0.493 e. The minimum absolute atomic E-state index is 0.0174. The first kappa shape index (κ1) is 18.6. The van der Waals surface area contributed by atoms with Crippen molar-refractivity contribution in [2.75, 3.05) is 19.7 Å². The molecule has 2 heterocycles. The van der Waals surface area contributed by atoms with Crippen molar-refractivity contribution in [1.82, 2.24) is 14.8 Å². The van der Waals surface area contributed by atoms with Crippen LogP contribution in [0.25, 0.3) is 0 Å². The topological polar surface area (TPSA) is 63.6 Å². The molecule has 0 unspecified atom stereocenters. The number of nitrogens with one attached hydrogen (secondary N) is 1. The Hall–Kier alpha value is -2.76. The molecule has 1 atom stereocenters. The highest BCUT2D eigenvalue weighted by molar-refractivity contribution is 5.94. The van der Waals surface area contributed by atoms with Crippen molar-refractivity contribution in [2.45, 2.75) is 31.7 Å². The lowest BCUT2D eigenvalue weighted by Crippen LogP contribution is -2.42. The summed E-state index contributed by atoms with van der Waals surface area (Å²) in [7, 11) is 1.90. The average Bonchev–Trinajstić information content (AvgIpc) is 3.43. The fourth-order valence-electron chi connectivity index (χ4n) is 3.64. The molecule has 1 aliphatic carbocycles. The van der Waals surface area contributed by atoms with Crippen LogP contribution in [0.2, 0.25) is 0 Å². The van der Waals surface area contributed by atoms with E-state index in [4.69, 9.17) is 4.74 Å². The van der Waals surface area contributed by atoms with Gasteiger partial charge in [0.1, 0.15) is 11.4 Å². The standard InChI is InChI=1S/C22H27N3O3/c1-24-12-3-5-20(24)22(27)25-13-2-4-16(14-25)15-28-19-10-6-17(7-11-19)21(26)23-18-8-9-18/h3,5-7,10-12,16,18H,2,4,8-9,13-15H2,1H3,(H,23,26)/t16-/m1/s1. The molecule has 1 aliphatic heterocycles. The molecule has 2 aliphatic rings. The van der Waals surface area contributed by atoms with Gasteiger partial charge in [-0.2, -0.15) is 0 Å². The summed E-state index contributed by atoms with van der Waals surface area (Å²) < 4.78 is 7.81. The van der Waals surface area contributed by atoms with Gasteiger partial charge in [-0.15, -0.1) is 0 Å². The number of amides is 2. The van der Waals surface area contributed by atoms with Crippen LogP contribution in [-0.4, -0.2) is 47.0 Å². The molecule has 1 aromatic carbocycles. The van der Waals surface area contributed by atoms with Crippen molar-refractivity contribution >= 4 is 11.8 Å². The van der Waals surface area contributed by atoms with Gasteiger partial charge in [0.15, 0.2) is 0 Å². The van der Waals surface area contributed by atoms with E-state index in [1.54, 1.807) is 12.1 Å². The van der Waals surface area contributed by atoms with Crippen LogP contribution in [0.1, 0.15) is 46.5 Å². The third-order valence-electron chi connectivity index (χ3n) is 5.48. The van der Waals surface area contributed by atoms with Gasteiger partial charge >= 0.3 is 0 Å². The molecule has 6 heteroatoms. The number of piperidine rings is 1. The molecule has 0 radical (unpaired) electrons. The molecule has 6 nitrogen and oxygen atoms in total. The Bertz CT molecular complexity index is 839. The summed E-state index contributed by atoms with van der Waals surface area (Å²) in [6.07, 6.45) is 6.10. The number of carbonyl (C=O) groups is 2. The van der Waals surface area contributed by atoms with Gasteiger partial charge in [-0.25, -0.2) is 0 Å². The molecule has 0 bridgehead atoms. The summed E-state index contributed by atoms with van der Waals surface area (Å²) in [6, 6.07) is 11.4. The molecule has 2 aromatic rings. The maximum absolute atomic E-state index is 12.7. The molecule has 1 N–H and O–H groups in total. The summed E-state index contributed by atoms with van der Waals surface area (Å²) >= 11 is 0. The zero-order chi connectivity index (χ0) is 19.5. The van der Waals surface area contributed by atoms with Crippen molar-refractivity contribution in [3.05, 3.63) is 53.9 Å². The Labute approximate surface area is 165 Å². The van der Waals surface area contributed by atoms with Gasteiger partial charge in [0.25, 0.3) is 11.8 Å². The van der Waals surface area contributed by atoms with Crippen LogP contribution < -0.4 is 10.1 Å². The zero-order valence-electron chi connectivity index (χ0n) is 16.3. The number of aromatic nitrogens is 1. The lowest BCUT2D eigenvalue weighted by atomic mass is 9.98. The van der Waals surface area contributed by atoms with Gasteiger partial charge in [-0.1, -0.05) is 0 Å². The van der Waals surface area contributed by atoms with Crippen molar-refractivity contribution in [1.29, 1.82) is 0 Å². The molecular formula is C22H27N3O3. The largest absolute Gasteiger partial charge is 0.493 e. The second-order valence-corrected chi connectivity index (χ2v) is 7.85. The van der Waals surface area contributed by atoms with Crippen molar-refractivity contribution < 1.29 is 14.3 Å². The number of rotatable bonds is 6. The zero-order valence-corrected chi connectivity index (χ0v) is 16.3. The van der Waals surface area contributed by atoms with Crippen molar-refractivity contribution in [3.8, 4) is 5.75 Å². The summed E-state index contributed by atoms with van der Waals surface area (Å²) in [6.45, 7) is 2.09. The van der Waals surface area contributed by atoms with Crippen LogP contribution in [0.3, 0.4) is 0 Å². The third-order valence-corrected chi connectivity index (χ3v) is 5.48. The predicted molar refractivity (Wildman–Crippen MR) is 106 cm³/mol. The van der Waals surface area contributed by atoms with E-state index in [0.29, 0.717) is 30.7 Å². The van der Waals surface area contributed by atoms with Crippen LogP contribution in [0.4, 0.5) is 0 Å². The Morgan fingerprint density at radius 3 is 2.61 bits per heavy atom. The van der Waals surface area contributed by atoms with E-state index in [0.717, 1.165) is 43.7 Å². The van der Waals surface area contributed by atoms with E-state index in [1.807, 2.05) is 47.0 Å². The number of nitrogens with zero attached hydrogens (tertiary/aromatic N) is 2. The van der Waals surface area contributed by atoms with E-state index in [9.17, 15) is 9.59 Å². The van der Waals surface area contributed by atoms with Gasteiger partial charge in [-0.3, -0.25) is 9.59 Å². The number of likely N-dealkylation sites (tertiary alicyclic amines) is 1. The molecule has 2 fully saturated rings. The summed E-state index contributed by atoms with van der Waals surface area (Å²) in [5, 5.41) is 2.99. The van der Waals surface area contributed by atoms with E-state index < -0.39 is 0 Å². The van der Waals surface area contributed by atoms with Gasteiger partial charge in [0.05, 0.1) is 6.61 Å². The summed E-state index contributed by atoms with van der Waals surface area (Å²) in [5.74, 6) is 1.14. The van der Waals surface area contributed by atoms with E-state index in [2.05, 4.69) is 5.32 Å². The number of carbonyl (C=O) groups excluding carboxylic acids is 2. The van der Waals surface area contributed by atoms with Crippen LogP contribution in [-0.2, 0) is 7.05 Å². The van der Waals surface area contributed by atoms with Gasteiger partial charge in [-0.05, 0) is 62.1 Å². The monoisotopic (exact) mass is 381 g/mol. The smallest absolute Gasteiger partial charge is 0.270 e. The highest BCUT2D eigenvalue weighted by Gasteiger charge is 2.26. The quantitative estimate of drug-likeness (QED) is 0.837. The molecular weight excluding hydrogens is 354 g/mol. The van der Waals surface area contributed by atoms with Crippen LogP contribution in [0.15, 0.2) is 42.6 Å². The average molecular weight is 381 g/mol. The molecule has 28 heavy (non-hydrogen) atoms. The number of ether oxygens (including phenoxy) is 1. The number of hydrogen-bond acceptors (Lipinski definition) is 3. The first-order valence-electron chi connectivity index (χ1n) is 10.0.